The van der Waals surface area contributed by atoms with Gasteiger partial charge in [0.25, 0.3) is 0 Å². The standard InChI is InChI=1S/C21H25.C7H6.C6H13.C5H5.2ClH.Hf/c1-20(2,3)16-7-9-18-14(12-16)11-15-13-17(21(4,5)6)8-10-19(15)18;1-7-5-3-2-4-6-7;1-3-5-6-4-2;1-2-4-5-3-1;;;/h7-13H,1-6H3;1-6H;1,3-6H2,2H3;1-5H;2*1H;/q;;;;;;+2/p-2. The molecule has 2 aliphatic rings. The van der Waals surface area contributed by atoms with Gasteiger partial charge in [0.05, 0.1) is 0 Å². The molecule has 2 aliphatic carbocycles. The number of fused-ring (bicyclic) bond motifs is 3. The first-order valence-electron chi connectivity index (χ1n) is 16.0. The molecule has 0 aliphatic heterocycles. The minimum atomic E-state index is -5.85. The Balaban J connectivity index is 1.95. The fourth-order valence-electron chi connectivity index (χ4n) is 7.68. The summed E-state index contributed by atoms with van der Waals surface area (Å²) >= 11 is -5.85. The molecule has 0 saturated carbocycles. The van der Waals surface area contributed by atoms with Crippen LogP contribution in [-0.2, 0) is 25.0 Å². The van der Waals surface area contributed by atoms with Crippen molar-refractivity contribution >= 4 is 20.9 Å². The van der Waals surface area contributed by atoms with Gasteiger partial charge < -0.3 is 0 Å². The van der Waals surface area contributed by atoms with Gasteiger partial charge in [-0.1, -0.05) is 0 Å². The van der Waals surface area contributed by atoms with Crippen LogP contribution in [0.1, 0.15) is 106 Å². The molecule has 0 N–H and O–H groups in total. The quantitative estimate of drug-likeness (QED) is 0.158. The van der Waals surface area contributed by atoms with Gasteiger partial charge in [-0.05, 0) is 0 Å². The second kappa shape index (κ2) is 10.8. The van der Waals surface area contributed by atoms with Crippen LogP contribution in [0.15, 0.2) is 91.0 Å². The first-order chi connectivity index (χ1) is 19.6. The minimum absolute atomic E-state index is 0.00875. The van der Waals surface area contributed by atoms with Gasteiger partial charge in [0.2, 0.25) is 0 Å². The molecule has 5 rings (SSSR count). The maximum atomic E-state index is 8.89. The van der Waals surface area contributed by atoms with Gasteiger partial charge in [0.15, 0.2) is 0 Å². The molecule has 0 saturated heterocycles. The van der Waals surface area contributed by atoms with E-state index in [0.717, 1.165) is 22.6 Å². The first kappa shape index (κ1) is 31.9. The van der Waals surface area contributed by atoms with Crippen molar-refractivity contribution < 1.29 is 14.2 Å². The summed E-state index contributed by atoms with van der Waals surface area (Å²) in [7, 11) is 17.8. The van der Waals surface area contributed by atoms with Crippen molar-refractivity contribution in [2.75, 3.05) is 0 Å². The van der Waals surface area contributed by atoms with Gasteiger partial charge in [-0.3, -0.25) is 0 Å². The Hall–Kier alpha value is -1.54. The molecule has 223 valence electrons. The molecule has 0 heterocycles. The predicted octanol–water partition coefficient (Wildman–Crippen LogP) is 12.6. The van der Waals surface area contributed by atoms with Crippen molar-refractivity contribution in [2.45, 2.75) is 96.5 Å². The molecule has 0 unspecified atom stereocenters. The Morgan fingerprint density at radius 3 is 1.69 bits per heavy atom. The molecule has 0 fully saturated rings. The number of allylic oxidation sites excluding steroid dienone is 4. The molecular weight excluding hydrogens is 718 g/mol. The van der Waals surface area contributed by atoms with Crippen LogP contribution >= 0.6 is 17.2 Å². The molecule has 0 amide bonds. The average Bonchev–Trinajstić information content (AvgIpc) is 3.59. The topological polar surface area (TPSA) is 0 Å². The summed E-state index contributed by atoms with van der Waals surface area (Å²) in [5.41, 5.74) is 9.08. The Kier molecular flexibility index (Phi) is 8.21. The van der Waals surface area contributed by atoms with Gasteiger partial charge >= 0.3 is 262 Å². The van der Waals surface area contributed by atoms with Crippen LogP contribution in [0.25, 0.3) is 11.1 Å². The number of unbranched alkanes of at least 4 members (excludes halogenated alkanes) is 3. The number of rotatable bonds is 8. The van der Waals surface area contributed by atoms with Crippen molar-refractivity contribution in [1.82, 2.24) is 0 Å². The van der Waals surface area contributed by atoms with Crippen molar-refractivity contribution in [3.05, 3.63) is 119 Å². The second-order valence-electron chi connectivity index (χ2n) is 15.3. The van der Waals surface area contributed by atoms with E-state index in [1.165, 1.54) is 46.2 Å². The van der Waals surface area contributed by atoms with Crippen LogP contribution in [0.4, 0.5) is 0 Å². The van der Waals surface area contributed by atoms with E-state index < -0.39 is 14.2 Å². The van der Waals surface area contributed by atoms with Crippen LogP contribution in [0, 0.1) is 0 Å². The Morgan fingerprint density at radius 2 is 1.21 bits per heavy atom. The summed E-state index contributed by atoms with van der Waals surface area (Å²) in [6.45, 7) is 16.1. The van der Waals surface area contributed by atoms with Gasteiger partial charge in [0.1, 0.15) is 0 Å². The predicted molar refractivity (Wildman–Crippen MR) is 185 cm³/mol. The summed E-state index contributed by atoms with van der Waals surface area (Å²) in [4.78, 5) is 0. The molecule has 3 aromatic carbocycles. The van der Waals surface area contributed by atoms with Crippen LogP contribution in [-0.4, -0.2) is 3.76 Å². The van der Waals surface area contributed by atoms with E-state index in [2.05, 4.69) is 143 Å². The molecule has 0 radical (unpaired) electrons. The zero-order chi connectivity index (χ0) is 30.5. The van der Waals surface area contributed by atoms with Crippen LogP contribution < -0.4 is 0 Å². The zero-order valence-corrected chi connectivity index (χ0v) is 31.8. The molecule has 42 heavy (non-hydrogen) atoms. The normalized spacial score (nSPS) is 17.2. The number of hydrogen-bond acceptors (Lipinski definition) is 0. The van der Waals surface area contributed by atoms with Crippen LogP contribution in [0.3, 0.4) is 0 Å². The van der Waals surface area contributed by atoms with Crippen molar-refractivity contribution in [3.8, 4) is 11.1 Å². The molecule has 3 heteroatoms. The molecule has 0 nitrogen and oxygen atoms in total. The second-order valence-corrected chi connectivity index (χ2v) is 57.5. The van der Waals surface area contributed by atoms with E-state index in [-0.39, 0.29) is 18.2 Å². The van der Waals surface area contributed by atoms with Gasteiger partial charge in [0, 0.05) is 0 Å². The summed E-state index contributed by atoms with van der Waals surface area (Å²) in [6.07, 6.45) is 13.5. The molecule has 0 aromatic heterocycles. The SMILES string of the molecule is CCCCC[CH2][Hf]([Cl])([Cl])(=[CH]c1ccccc1)([CH]1C=CC=C1)[CH]1c2cc(C(C)(C)C)ccc2-c2ccc(C(C)(C)C)cc21. The van der Waals surface area contributed by atoms with Gasteiger partial charge in [-0.25, -0.2) is 0 Å². The van der Waals surface area contributed by atoms with E-state index in [9.17, 15) is 0 Å². The summed E-state index contributed by atoms with van der Waals surface area (Å²) in [5, 5.41) is 0. The fraction of sp³-hybridized carbons (Fsp3) is 0.410. The third-order valence-corrected chi connectivity index (χ3v) is 47.7. The summed E-state index contributed by atoms with van der Waals surface area (Å²) < 4.78 is 3.21. The number of benzene rings is 3. The van der Waals surface area contributed by atoms with E-state index in [4.69, 9.17) is 17.2 Å². The summed E-state index contributed by atoms with van der Waals surface area (Å²) in [6, 6.07) is 25.0. The first-order valence-corrected chi connectivity index (χ1v) is 33.6. The average molecular weight is 767 g/mol. The fourth-order valence-corrected chi connectivity index (χ4v) is 43.5. The molecule has 0 atom stereocenters. The Bertz CT molecular complexity index is 1560. The van der Waals surface area contributed by atoms with Crippen molar-refractivity contribution in [1.29, 1.82) is 0 Å². The third kappa shape index (κ3) is 5.46. The molecule has 0 spiro atoms. The third-order valence-electron chi connectivity index (χ3n) is 10.1. The molecular formula is C39H49Cl2Hf. The van der Waals surface area contributed by atoms with E-state index in [1.807, 2.05) is 0 Å². The van der Waals surface area contributed by atoms with Crippen molar-refractivity contribution in [2.24, 2.45) is 0 Å². The van der Waals surface area contributed by atoms with Gasteiger partial charge in [-0.2, -0.15) is 0 Å². The van der Waals surface area contributed by atoms with Crippen molar-refractivity contribution in [3.63, 3.8) is 0 Å². The monoisotopic (exact) mass is 767 g/mol. The van der Waals surface area contributed by atoms with Crippen LogP contribution in [0.2, 0.25) is 7.85 Å². The van der Waals surface area contributed by atoms with E-state index in [1.54, 1.807) is 0 Å². The van der Waals surface area contributed by atoms with Crippen LogP contribution in [0.5, 0.6) is 0 Å². The Labute approximate surface area is 259 Å². The van der Waals surface area contributed by atoms with Gasteiger partial charge in [-0.15, -0.1) is 0 Å². The Morgan fingerprint density at radius 1 is 0.690 bits per heavy atom. The number of halogens is 2. The van der Waals surface area contributed by atoms with E-state index in [0.29, 0.717) is 0 Å². The molecule has 0 bridgehead atoms. The zero-order valence-electron chi connectivity index (χ0n) is 26.7. The number of hydrogen-bond donors (Lipinski definition) is 0. The van der Waals surface area contributed by atoms with E-state index >= 15 is 0 Å². The summed E-state index contributed by atoms with van der Waals surface area (Å²) in [5.74, 6) is 0. The maximum absolute atomic E-state index is 8.89. The molecule has 3 aromatic rings.